The summed E-state index contributed by atoms with van der Waals surface area (Å²) in [6.07, 6.45) is 2.67. The number of aliphatic hydroxyl groups is 1. The van der Waals surface area contributed by atoms with Gasteiger partial charge in [0.05, 0.1) is 32.4 Å². The molecule has 1 fully saturated rings. The fourth-order valence-electron chi connectivity index (χ4n) is 5.13. The molecular formula is C29H29F2N3O5. The molecular weight excluding hydrogens is 508 g/mol. The number of halogens is 2. The van der Waals surface area contributed by atoms with Gasteiger partial charge in [-0.25, -0.2) is 23.2 Å². The van der Waals surface area contributed by atoms with Gasteiger partial charge >= 0.3 is 5.97 Å². The Kier molecular flexibility index (Phi) is 7.69. The fraction of sp³-hybridized carbons (Fsp3) is 0.345. The summed E-state index contributed by atoms with van der Waals surface area (Å²) in [5.41, 5.74) is -0.363. The van der Waals surface area contributed by atoms with Crippen molar-refractivity contribution in [3.05, 3.63) is 95.6 Å². The van der Waals surface area contributed by atoms with Gasteiger partial charge in [0.15, 0.2) is 6.29 Å². The molecule has 8 nitrogen and oxygen atoms in total. The molecule has 4 aromatic rings. The topological polar surface area (TPSA) is 95.7 Å². The molecule has 1 aromatic heterocycles. The van der Waals surface area contributed by atoms with E-state index in [9.17, 15) is 18.7 Å². The molecule has 0 radical (unpaired) electrons. The lowest BCUT2D eigenvalue weighted by atomic mass is 9.77. The molecule has 39 heavy (non-hydrogen) atoms. The highest BCUT2D eigenvalue weighted by Gasteiger charge is 2.40. The lowest BCUT2D eigenvalue weighted by Gasteiger charge is -2.38. The van der Waals surface area contributed by atoms with Gasteiger partial charge in [-0.15, -0.1) is 0 Å². The number of fused-ring (bicyclic) bond motifs is 1. The third-order valence-corrected chi connectivity index (χ3v) is 7.29. The third-order valence-electron chi connectivity index (χ3n) is 7.29. The minimum Gasteiger partial charge on any atom is -0.465 e. The van der Waals surface area contributed by atoms with Gasteiger partial charge in [0.1, 0.15) is 29.9 Å². The van der Waals surface area contributed by atoms with Gasteiger partial charge in [-0.05, 0) is 47.4 Å². The van der Waals surface area contributed by atoms with Crippen LogP contribution in [0.25, 0.3) is 10.8 Å². The monoisotopic (exact) mass is 537 g/mol. The standard InChI is InChI=1S/C29H29F2N3O5/c1-18(29(36,15-34-17-32-16-33-34)25-8-7-24(30)12-26(25)31)9-19-13-38-28(39-14-19)23-6-4-20-10-22(27(35)37-2)5-3-21(20)11-23/h3-8,10-12,16-19,28,36H,9,13-15H2,1-2H3/t18-,19?,28?,29+/m0/s1. The van der Waals surface area contributed by atoms with Gasteiger partial charge in [0.25, 0.3) is 0 Å². The van der Waals surface area contributed by atoms with Crippen LogP contribution in [0.4, 0.5) is 8.78 Å². The van der Waals surface area contributed by atoms with Crippen molar-refractivity contribution in [3.8, 4) is 0 Å². The Bertz CT molecular complexity index is 1460. The first-order chi connectivity index (χ1) is 18.8. The molecule has 0 spiro atoms. The molecule has 1 saturated heterocycles. The van der Waals surface area contributed by atoms with E-state index in [-0.39, 0.29) is 18.0 Å². The summed E-state index contributed by atoms with van der Waals surface area (Å²) in [4.78, 5) is 15.7. The minimum absolute atomic E-state index is 0.00561. The number of nitrogens with zero attached hydrogens (tertiary/aromatic N) is 3. The van der Waals surface area contributed by atoms with Crippen molar-refractivity contribution in [2.24, 2.45) is 11.8 Å². The summed E-state index contributed by atoms with van der Waals surface area (Å²) < 4.78 is 46.7. The third kappa shape index (κ3) is 5.68. The zero-order valence-corrected chi connectivity index (χ0v) is 21.6. The molecule has 1 aliphatic heterocycles. The average molecular weight is 538 g/mol. The van der Waals surface area contributed by atoms with E-state index < -0.39 is 35.4 Å². The second kappa shape index (κ2) is 11.2. The Morgan fingerprint density at radius 1 is 1.13 bits per heavy atom. The number of ether oxygens (including phenoxy) is 3. The molecule has 0 unspecified atom stereocenters. The molecule has 3 aromatic carbocycles. The predicted molar refractivity (Wildman–Crippen MR) is 137 cm³/mol. The van der Waals surface area contributed by atoms with E-state index in [1.54, 1.807) is 12.1 Å². The molecule has 5 rings (SSSR count). The first-order valence-corrected chi connectivity index (χ1v) is 12.6. The second-order valence-corrected chi connectivity index (χ2v) is 9.96. The number of carbonyl (C=O) groups is 1. The molecule has 2 atom stereocenters. The van der Waals surface area contributed by atoms with Gasteiger partial charge in [0.2, 0.25) is 0 Å². The van der Waals surface area contributed by atoms with Crippen molar-refractivity contribution in [2.45, 2.75) is 31.8 Å². The van der Waals surface area contributed by atoms with Gasteiger partial charge < -0.3 is 19.3 Å². The maximum Gasteiger partial charge on any atom is 0.337 e. The van der Waals surface area contributed by atoms with Crippen molar-refractivity contribution >= 4 is 16.7 Å². The van der Waals surface area contributed by atoms with Crippen molar-refractivity contribution in [1.29, 1.82) is 0 Å². The van der Waals surface area contributed by atoms with E-state index in [1.165, 1.54) is 30.5 Å². The largest absolute Gasteiger partial charge is 0.465 e. The Labute approximate surface area is 224 Å². The molecule has 0 saturated carbocycles. The number of methoxy groups -OCH3 is 1. The highest BCUT2D eigenvalue weighted by atomic mass is 19.1. The normalized spacial score (nSPS) is 19.9. The highest BCUT2D eigenvalue weighted by Crippen LogP contribution is 2.39. The van der Waals surface area contributed by atoms with E-state index in [0.29, 0.717) is 25.2 Å². The summed E-state index contributed by atoms with van der Waals surface area (Å²) in [6.45, 7) is 2.51. The van der Waals surface area contributed by atoms with E-state index in [1.807, 2.05) is 31.2 Å². The zero-order chi connectivity index (χ0) is 27.6. The molecule has 10 heteroatoms. The SMILES string of the molecule is COC(=O)c1ccc2cc(C3OCC(C[C@H](C)[C@](O)(Cn4cncn4)c4ccc(F)cc4F)CO3)ccc2c1. The summed E-state index contributed by atoms with van der Waals surface area (Å²) in [7, 11) is 1.35. The van der Waals surface area contributed by atoms with E-state index in [0.717, 1.165) is 28.5 Å². The van der Waals surface area contributed by atoms with Crippen LogP contribution in [0.3, 0.4) is 0 Å². The Balaban J connectivity index is 1.27. The van der Waals surface area contributed by atoms with Gasteiger partial charge in [-0.1, -0.05) is 31.2 Å². The number of rotatable bonds is 8. The molecule has 2 heterocycles. The van der Waals surface area contributed by atoms with Crippen molar-refractivity contribution in [1.82, 2.24) is 14.8 Å². The second-order valence-electron chi connectivity index (χ2n) is 9.96. The van der Waals surface area contributed by atoms with Crippen LogP contribution in [0.5, 0.6) is 0 Å². The van der Waals surface area contributed by atoms with Gasteiger partial charge in [-0.3, -0.25) is 0 Å². The van der Waals surface area contributed by atoms with Crippen molar-refractivity contribution in [2.75, 3.05) is 20.3 Å². The van der Waals surface area contributed by atoms with Crippen LogP contribution in [-0.2, 0) is 26.4 Å². The lowest BCUT2D eigenvalue weighted by Crippen LogP contribution is -2.41. The Hall–Kier alpha value is -3.73. The summed E-state index contributed by atoms with van der Waals surface area (Å²) in [5.74, 6) is -2.46. The lowest BCUT2D eigenvalue weighted by molar-refractivity contribution is -0.210. The minimum atomic E-state index is -1.68. The van der Waals surface area contributed by atoms with E-state index in [4.69, 9.17) is 14.2 Å². The average Bonchev–Trinajstić information content (AvgIpc) is 3.45. The summed E-state index contributed by atoms with van der Waals surface area (Å²) in [5, 5.41) is 17.7. The van der Waals surface area contributed by atoms with Gasteiger partial charge in [0, 0.05) is 23.1 Å². The number of hydrogen-bond acceptors (Lipinski definition) is 7. The molecule has 0 bridgehead atoms. The summed E-state index contributed by atoms with van der Waals surface area (Å²) >= 11 is 0. The van der Waals surface area contributed by atoms with Crippen LogP contribution in [-0.4, -0.2) is 46.2 Å². The zero-order valence-electron chi connectivity index (χ0n) is 21.6. The predicted octanol–water partition coefficient (Wildman–Crippen LogP) is 4.77. The molecule has 1 aliphatic rings. The van der Waals surface area contributed by atoms with E-state index in [2.05, 4.69) is 10.1 Å². The first-order valence-electron chi connectivity index (χ1n) is 12.6. The van der Waals surface area contributed by atoms with Crippen LogP contribution in [0, 0.1) is 23.5 Å². The first kappa shape index (κ1) is 26.9. The van der Waals surface area contributed by atoms with Crippen LogP contribution in [0.2, 0.25) is 0 Å². The van der Waals surface area contributed by atoms with Crippen molar-refractivity contribution in [3.63, 3.8) is 0 Å². The number of esters is 1. The quantitative estimate of drug-likeness (QED) is 0.324. The van der Waals surface area contributed by atoms with E-state index >= 15 is 0 Å². The van der Waals surface area contributed by atoms with Crippen LogP contribution in [0.15, 0.2) is 67.3 Å². The number of aromatic nitrogens is 3. The number of benzene rings is 3. The fourth-order valence-corrected chi connectivity index (χ4v) is 5.13. The van der Waals surface area contributed by atoms with Crippen molar-refractivity contribution < 1.29 is 32.9 Å². The van der Waals surface area contributed by atoms with Crippen LogP contribution in [0.1, 0.15) is 41.1 Å². The van der Waals surface area contributed by atoms with Crippen LogP contribution < -0.4 is 0 Å². The smallest absolute Gasteiger partial charge is 0.337 e. The maximum absolute atomic E-state index is 14.8. The Morgan fingerprint density at radius 3 is 2.56 bits per heavy atom. The summed E-state index contributed by atoms with van der Waals surface area (Å²) in [6, 6.07) is 14.3. The molecule has 0 amide bonds. The number of hydrogen-bond donors (Lipinski definition) is 1. The highest BCUT2D eigenvalue weighted by molar-refractivity contribution is 5.95. The maximum atomic E-state index is 14.8. The van der Waals surface area contributed by atoms with Crippen LogP contribution >= 0.6 is 0 Å². The molecule has 204 valence electrons. The van der Waals surface area contributed by atoms with Gasteiger partial charge in [-0.2, -0.15) is 5.10 Å². The molecule has 1 N–H and O–H groups in total. The number of carbonyl (C=O) groups excluding carboxylic acids is 1. The molecule has 0 aliphatic carbocycles. The Morgan fingerprint density at radius 2 is 1.87 bits per heavy atom.